The van der Waals surface area contributed by atoms with Gasteiger partial charge < -0.3 is 5.32 Å². The Labute approximate surface area is 199 Å². The maximum atomic E-state index is 13.2. The first-order valence-corrected chi connectivity index (χ1v) is 10.6. The average Bonchev–Trinajstić information content (AvgIpc) is 3.06. The van der Waals surface area contributed by atoms with Crippen LogP contribution < -0.4 is 15.5 Å². The summed E-state index contributed by atoms with van der Waals surface area (Å²) in [5, 5.41) is 5.36. The molecule has 0 bridgehead atoms. The molecule has 7 nitrogen and oxygen atoms in total. The van der Waals surface area contributed by atoms with Crippen molar-refractivity contribution in [3.05, 3.63) is 99.0 Å². The highest BCUT2D eigenvalue weighted by Gasteiger charge is 2.42. The number of hydrogen-bond acceptors (Lipinski definition) is 4. The molecule has 5 amide bonds. The van der Waals surface area contributed by atoms with Crippen LogP contribution in [0.25, 0.3) is 0 Å². The number of anilines is 1. The monoisotopic (exact) mass is 481 g/mol. The van der Waals surface area contributed by atoms with Crippen molar-refractivity contribution in [1.82, 2.24) is 10.6 Å². The molecule has 9 heteroatoms. The van der Waals surface area contributed by atoms with Crippen molar-refractivity contribution in [2.45, 2.75) is 13.0 Å². The van der Waals surface area contributed by atoms with Gasteiger partial charge in [-0.15, -0.1) is 0 Å². The van der Waals surface area contributed by atoms with Crippen LogP contribution in [-0.2, 0) is 4.79 Å². The van der Waals surface area contributed by atoms with Crippen LogP contribution in [0.3, 0.4) is 0 Å². The molecule has 4 rings (SSSR count). The second kappa shape index (κ2) is 9.05. The summed E-state index contributed by atoms with van der Waals surface area (Å²) >= 11 is 11.9. The Morgan fingerprint density at radius 2 is 1.58 bits per heavy atom. The van der Waals surface area contributed by atoms with Crippen LogP contribution in [0.1, 0.15) is 37.9 Å². The highest BCUT2D eigenvalue weighted by molar-refractivity contribution is 6.42. The average molecular weight is 482 g/mol. The van der Waals surface area contributed by atoms with Gasteiger partial charge in [0.25, 0.3) is 17.7 Å². The van der Waals surface area contributed by atoms with Gasteiger partial charge in [-0.25, -0.2) is 9.69 Å². The quantitative estimate of drug-likeness (QED) is 0.567. The normalized spacial score (nSPS) is 14.6. The van der Waals surface area contributed by atoms with E-state index in [2.05, 4.69) is 10.6 Å². The van der Waals surface area contributed by atoms with Crippen molar-refractivity contribution in [2.75, 3.05) is 4.90 Å². The Balaban J connectivity index is 1.61. The van der Waals surface area contributed by atoms with Gasteiger partial charge in [0, 0.05) is 16.7 Å². The van der Waals surface area contributed by atoms with Crippen molar-refractivity contribution in [3.63, 3.8) is 0 Å². The topological polar surface area (TPSA) is 95.6 Å². The second-order valence-electron chi connectivity index (χ2n) is 7.40. The van der Waals surface area contributed by atoms with Crippen molar-refractivity contribution >= 4 is 52.6 Å². The summed E-state index contributed by atoms with van der Waals surface area (Å²) in [6, 6.07) is 15.5. The molecule has 0 aromatic heterocycles. The summed E-state index contributed by atoms with van der Waals surface area (Å²) in [6.45, 7) is 1.82. The molecular formula is C24H17Cl2N3O4. The molecule has 2 N–H and O–H groups in total. The van der Waals surface area contributed by atoms with Crippen molar-refractivity contribution < 1.29 is 19.2 Å². The maximum absolute atomic E-state index is 13.2. The van der Waals surface area contributed by atoms with Gasteiger partial charge in [-0.1, -0.05) is 59.1 Å². The first kappa shape index (κ1) is 22.5. The van der Waals surface area contributed by atoms with E-state index in [4.69, 9.17) is 23.2 Å². The van der Waals surface area contributed by atoms with E-state index in [9.17, 15) is 19.2 Å². The zero-order valence-corrected chi connectivity index (χ0v) is 18.8. The van der Waals surface area contributed by atoms with E-state index in [0.29, 0.717) is 5.56 Å². The van der Waals surface area contributed by atoms with Crippen LogP contribution in [0.5, 0.6) is 0 Å². The summed E-state index contributed by atoms with van der Waals surface area (Å²) in [6.07, 6.45) is 0. The standard InChI is InChI=1S/C24H17Cl2N3O4/c1-13-7-10-19-16(11-13)20(27-22(31)15-8-9-17(25)18(26)12-15)23(32)29(19)24(33)28-21(30)14-5-3-2-4-6-14/h2-12,20H,1H3,(H,27,31)(H,28,30,33). The molecule has 1 heterocycles. The van der Waals surface area contributed by atoms with E-state index >= 15 is 0 Å². The number of carbonyl (C=O) groups excluding carboxylic acids is 4. The molecule has 0 spiro atoms. The zero-order chi connectivity index (χ0) is 23.7. The first-order chi connectivity index (χ1) is 15.8. The fraction of sp³-hybridized carbons (Fsp3) is 0.0833. The number of rotatable bonds is 3. The van der Waals surface area contributed by atoms with Gasteiger partial charge in [-0.05, 0) is 43.3 Å². The molecule has 1 aliphatic heterocycles. The zero-order valence-electron chi connectivity index (χ0n) is 17.3. The van der Waals surface area contributed by atoms with Gasteiger partial charge in [-0.2, -0.15) is 0 Å². The van der Waals surface area contributed by atoms with E-state index in [-0.39, 0.29) is 26.9 Å². The van der Waals surface area contributed by atoms with Crippen LogP contribution in [-0.4, -0.2) is 23.8 Å². The number of urea groups is 1. The second-order valence-corrected chi connectivity index (χ2v) is 8.21. The fourth-order valence-corrected chi connectivity index (χ4v) is 3.80. The van der Waals surface area contributed by atoms with Crippen LogP contribution in [0, 0.1) is 6.92 Å². The minimum absolute atomic E-state index is 0.193. The molecule has 33 heavy (non-hydrogen) atoms. The molecule has 1 aliphatic rings. The number of nitrogens with zero attached hydrogens (tertiary/aromatic N) is 1. The molecule has 0 fully saturated rings. The Bertz CT molecular complexity index is 1290. The highest BCUT2D eigenvalue weighted by atomic mass is 35.5. The lowest BCUT2D eigenvalue weighted by atomic mass is 10.0. The molecule has 0 radical (unpaired) electrons. The van der Waals surface area contributed by atoms with E-state index in [1.54, 1.807) is 48.5 Å². The van der Waals surface area contributed by atoms with Gasteiger partial charge in [0.1, 0.15) is 6.04 Å². The fourth-order valence-electron chi connectivity index (χ4n) is 3.51. The van der Waals surface area contributed by atoms with Gasteiger partial charge >= 0.3 is 6.03 Å². The van der Waals surface area contributed by atoms with Crippen LogP contribution in [0.2, 0.25) is 10.0 Å². The Kier molecular flexibility index (Phi) is 6.18. The number of halogens is 2. The molecule has 1 atom stereocenters. The van der Waals surface area contributed by atoms with Crippen molar-refractivity contribution in [3.8, 4) is 0 Å². The molecule has 3 aromatic rings. The number of aryl methyl sites for hydroxylation is 1. The summed E-state index contributed by atoms with van der Waals surface area (Å²) in [5.74, 6) is -1.91. The lowest BCUT2D eigenvalue weighted by Crippen LogP contribution is -2.47. The molecule has 1 unspecified atom stereocenters. The highest BCUT2D eigenvalue weighted by Crippen LogP contribution is 2.37. The maximum Gasteiger partial charge on any atom is 0.335 e. The van der Waals surface area contributed by atoms with Gasteiger partial charge in [0.15, 0.2) is 0 Å². The predicted octanol–water partition coefficient (Wildman–Crippen LogP) is 4.67. The smallest absolute Gasteiger partial charge is 0.335 e. The molecule has 0 saturated carbocycles. The molecule has 166 valence electrons. The van der Waals surface area contributed by atoms with Gasteiger partial charge in [0.05, 0.1) is 15.7 Å². The van der Waals surface area contributed by atoms with Crippen LogP contribution in [0.4, 0.5) is 10.5 Å². The number of hydrogen-bond donors (Lipinski definition) is 2. The predicted molar refractivity (Wildman–Crippen MR) is 125 cm³/mol. The molecule has 3 aromatic carbocycles. The summed E-state index contributed by atoms with van der Waals surface area (Å²) < 4.78 is 0. The minimum atomic E-state index is -1.13. The number of carbonyl (C=O) groups is 4. The molecular weight excluding hydrogens is 465 g/mol. The third-order valence-corrected chi connectivity index (χ3v) is 5.86. The molecule has 0 aliphatic carbocycles. The largest absolute Gasteiger partial charge is 0.336 e. The van der Waals surface area contributed by atoms with E-state index < -0.39 is 29.8 Å². The van der Waals surface area contributed by atoms with E-state index in [0.717, 1.165) is 10.5 Å². The lowest BCUT2D eigenvalue weighted by molar-refractivity contribution is -0.119. The Morgan fingerprint density at radius 3 is 2.27 bits per heavy atom. The number of benzene rings is 3. The van der Waals surface area contributed by atoms with E-state index in [1.165, 1.54) is 18.2 Å². The SMILES string of the molecule is Cc1ccc2c(c1)C(NC(=O)c1ccc(Cl)c(Cl)c1)C(=O)N2C(=O)NC(=O)c1ccccc1. The Morgan fingerprint density at radius 1 is 0.848 bits per heavy atom. The first-order valence-electron chi connectivity index (χ1n) is 9.87. The third-order valence-electron chi connectivity index (χ3n) is 5.12. The molecule has 0 saturated heterocycles. The van der Waals surface area contributed by atoms with Crippen molar-refractivity contribution in [1.29, 1.82) is 0 Å². The van der Waals surface area contributed by atoms with Crippen molar-refractivity contribution in [2.24, 2.45) is 0 Å². The van der Waals surface area contributed by atoms with Crippen LogP contribution >= 0.6 is 23.2 Å². The number of imide groups is 2. The number of fused-ring (bicyclic) bond motifs is 1. The number of nitrogens with one attached hydrogen (secondary N) is 2. The lowest BCUT2D eigenvalue weighted by Gasteiger charge is -2.17. The summed E-state index contributed by atoms with van der Waals surface area (Å²) in [4.78, 5) is 52.2. The van der Waals surface area contributed by atoms with E-state index in [1.807, 2.05) is 6.92 Å². The minimum Gasteiger partial charge on any atom is -0.336 e. The van der Waals surface area contributed by atoms with Gasteiger partial charge in [-0.3, -0.25) is 19.7 Å². The third kappa shape index (κ3) is 4.46. The number of amides is 5. The summed E-state index contributed by atoms with van der Waals surface area (Å²) in [7, 11) is 0. The summed E-state index contributed by atoms with van der Waals surface area (Å²) in [5.41, 5.74) is 2.02. The Hall–Kier alpha value is -3.68. The van der Waals surface area contributed by atoms with Crippen LogP contribution in [0.15, 0.2) is 66.7 Å². The van der Waals surface area contributed by atoms with Gasteiger partial charge in [0.2, 0.25) is 0 Å².